The highest BCUT2D eigenvalue weighted by atomic mass is 19.4. The maximum Gasteiger partial charge on any atom is 0.433 e. The van der Waals surface area contributed by atoms with Crippen LogP contribution in [-0.4, -0.2) is 63.3 Å². The van der Waals surface area contributed by atoms with Crippen molar-refractivity contribution in [1.82, 2.24) is 15.2 Å². The van der Waals surface area contributed by atoms with Crippen LogP contribution in [0, 0.1) is 12.3 Å². The zero-order chi connectivity index (χ0) is 29.5. The summed E-state index contributed by atoms with van der Waals surface area (Å²) < 4.78 is 51.8. The summed E-state index contributed by atoms with van der Waals surface area (Å²) in [5, 5.41) is 12.8. The number of carboxylic acids is 1. The number of hydrogen-bond acceptors (Lipinski definition) is 6. The summed E-state index contributed by atoms with van der Waals surface area (Å²) in [5.74, 6) is -2.08. The van der Waals surface area contributed by atoms with Gasteiger partial charge in [-0.3, -0.25) is 4.79 Å². The Bertz CT molecular complexity index is 1270. The van der Waals surface area contributed by atoms with Gasteiger partial charge in [-0.15, -0.1) is 0 Å². The summed E-state index contributed by atoms with van der Waals surface area (Å²) in [5.41, 5.74) is -1.96. The molecule has 3 atom stereocenters. The second-order valence-corrected chi connectivity index (χ2v) is 11.8. The first kappa shape index (κ1) is 30.0. The van der Waals surface area contributed by atoms with Gasteiger partial charge in [0.05, 0.1) is 12.1 Å². The number of ether oxygens (including phenoxy) is 2. The van der Waals surface area contributed by atoms with Crippen molar-refractivity contribution in [2.45, 2.75) is 84.9 Å². The van der Waals surface area contributed by atoms with Crippen LogP contribution in [0.1, 0.15) is 59.2 Å². The summed E-state index contributed by atoms with van der Waals surface area (Å²) in [4.78, 5) is 43.0. The summed E-state index contributed by atoms with van der Waals surface area (Å²) in [6.45, 7) is 11.7. The Morgan fingerprint density at radius 3 is 2.28 bits per heavy atom. The number of carbonyl (C=O) groups excluding carboxylic acids is 2. The number of rotatable bonds is 5. The average Bonchev–Trinajstić information content (AvgIpc) is 3.19. The summed E-state index contributed by atoms with van der Waals surface area (Å²) in [6.07, 6.45) is -6.66. The van der Waals surface area contributed by atoms with Crippen LogP contribution in [0.4, 0.5) is 18.0 Å². The highest BCUT2D eigenvalue weighted by molar-refractivity contribution is 5.91. The van der Waals surface area contributed by atoms with E-state index in [1.54, 1.807) is 60.6 Å². The minimum atomic E-state index is -4.73. The number of aromatic nitrogens is 1. The number of halogens is 3. The fourth-order valence-electron chi connectivity index (χ4n) is 4.33. The van der Waals surface area contributed by atoms with Crippen LogP contribution < -0.4 is 10.1 Å². The molecule has 1 aromatic heterocycles. The van der Waals surface area contributed by atoms with Gasteiger partial charge in [0.15, 0.2) is 0 Å². The molecule has 3 rings (SSSR count). The van der Waals surface area contributed by atoms with Crippen molar-refractivity contribution < 1.29 is 42.1 Å². The molecule has 2 heterocycles. The zero-order valence-corrected chi connectivity index (χ0v) is 23.0. The van der Waals surface area contributed by atoms with Gasteiger partial charge < -0.3 is 24.8 Å². The van der Waals surface area contributed by atoms with Gasteiger partial charge in [0.25, 0.3) is 0 Å². The van der Waals surface area contributed by atoms with Crippen molar-refractivity contribution in [3.05, 3.63) is 35.5 Å². The Morgan fingerprint density at radius 1 is 1.10 bits per heavy atom. The molecule has 0 saturated carbocycles. The zero-order valence-electron chi connectivity index (χ0n) is 23.0. The number of aryl methyl sites for hydroxylation is 1. The lowest BCUT2D eigenvalue weighted by Crippen LogP contribution is -2.57. The molecule has 214 valence electrons. The number of likely N-dealkylation sites (tertiary alicyclic amines) is 1. The number of fused-ring (bicyclic) bond motifs is 1. The van der Waals surface area contributed by atoms with Gasteiger partial charge in [0.1, 0.15) is 35.2 Å². The van der Waals surface area contributed by atoms with Crippen LogP contribution >= 0.6 is 0 Å². The monoisotopic (exact) mass is 553 g/mol. The third kappa shape index (κ3) is 7.30. The second-order valence-electron chi connectivity index (χ2n) is 11.8. The van der Waals surface area contributed by atoms with Crippen LogP contribution in [0.15, 0.2) is 24.3 Å². The predicted molar refractivity (Wildman–Crippen MR) is 136 cm³/mol. The molecule has 2 N–H and O–H groups in total. The first-order chi connectivity index (χ1) is 17.8. The molecule has 0 aliphatic carbocycles. The molecule has 1 aliphatic rings. The first-order valence-corrected chi connectivity index (χ1v) is 12.4. The van der Waals surface area contributed by atoms with E-state index in [0.717, 1.165) is 16.5 Å². The molecule has 0 radical (unpaired) electrons. The van der Waals surface area contributed by atoms with Crippen molar-refractivity contribution in [3.8, 4) is 5.75 Å². The molecule has 3 unspecified atom stereocenters. The van der Waals surface area contributed by atoms with Crippen LogP contribution in [0.2, 0.25) is 0 Å². The van der Waals surface area contributed by atoms with E-state index in [1.807, 2.05) is 0 Å². The fourth-order valence-corrected chi connectivity index (χ4v) is 4.33. The lowest BCUT2D eigenvalue weighted by atomic mass is 9.85. The number of benzene rings is 1. The quantitative estimate of drug-likeness (QED) is 0.539. The number of aliphatic carboxylic acids is 1. The molecular weight excluding hydrogens is 519 g/mol. The molecule has 2 amide bonds. The van der Waals surface area contributed by atoms with Gasteiger partial charge in [0, 0.05) is 17.9 Å². The molecule has 9 nitrogen and oxygen atoms in total. The Kier molecular flexibility index (Phi) is 8.10. The Morgan fingerprint density at radius 2 is 1.74 bits per heavy atom. The van der Waals surface area contributed by atoms with E-state index >= 15 is 0 Å². The summed E-state index contributed by atoms with van der Waals surface area (Å²) in [6, 6.07) is 3.03. The second kappa shape index (κ2) is 10.5. The number of nitrogens with one attached hydrogen (secondary N) is 1. The topological polar surface area (TPSA) is 118 Å². The molecule has 1 saturated heterocycles. The van der Waals surface area contributed by atoms with E-state index in [2.05, 4.69) is 10.3 Å². The Balaban J connectivity index is 1.93. The highest BCUT2D eigenvalue weighted by Crippen LogP contribution is 2.36. The van der Waals surface area contributed by atoms with E-state index < -0.39 is 59.0 Å². The number of carboxylic acid groups (broad SMARTS) is 1. The molecule has 1 aromatic carbocycles. The molecule has 0 spiro atoms. The molecular formula is C27H34F3N3O6. The third-order valence-corrected chi connectivity index (χ3v) is 6.12. The summed E-state index contributed by atoms with van der Waals surface area (Å²) >= 11 is 0. The van der Waals surface area contributed by atoms with Gasteiger partial charge in [-0.25, -0.2) is 14.6 Å². The van der Waals surface area contributed by atoms with E-state index in [-0.39, 0.29) is 24.2 Å². The van der Waals surface area contributed by atoms with E-state index in [4.69, 9.17) is 9.47 Å². The van der Waals surface area contributed by atoms with Crippen LogP contribution in [-0.2, 0) is 20.5 Å². The lowest BCUT2D eigenvalue weighted by Gasteiger charge is -2.35. The molecule has 1 fully saturated rings. The van der Waals surface area contributed by atoms with Gasteiger partial charge >= 0.3 is 18.2 Å². The van der Waals surface area contributed by atoms with Crippen molar-refractivity contribution in [1.29, 1.82) is 0 Å². The Labute approximate surface area is 224 Å². The van der Waals surface area contributed by atoms with Gasteiger partial charge in [0.2, 0.25) is 5.91 Å². The van der Waals surface area contributed by atoms with Crippen LogP contribution in [0.25, 0.3) is 10.9 Å². The van der Waals surface area contributed by atoms with Gasteiger partial charge in [-0.05, 0) is 45.2 Å². The normalized spacial score (nSPS) is 19.1. The number of nitrogens with zero attached hydrogens (tertiary/aromatic N) is 2. The predicted octanol–water partition coefficient (Wildman–Crippen LogP) is 4.93. The first-order valence-electron chi connectivity index (χ1n) is 12.4. The highest BCUT2D eigenvalue weighted by Gasteiger charge is 2.46. The Hall–Kier alpha value is -3.57. The van der Waals surface area contributed by atoms with Crippen molar-refractivity contribution in [2.24, 2.45) is 5.41 Å². The fraction of sp³-hybridized carbons (Fsp3) is 0.556. The maximum atomic E-state index is 13.6. The van der Waals surface area contributed by atoms with E-state index in [9.17, 15) is 32.7 Å². The minimum absolute atomic E-state index is 0.0699. The van der Waals surface area contributed by atoms with Crippen LogP contribution in [0.3, 0.4) is 0 Å². The maximum absolute atomic E-state index is 13.6. The number of pyridine rings is 1. The molecule has 1 aliphatic heterocycles. The van der Waals surface area contributed by atoms with Gasteiger partial charge in [-0.1, -0.05) is 32.4 Å². The smallest absolute Gasteiger partial charge is 0.433 e. The van der Waals surface area contributed by atoms with Crippen LogP contribution in [0.5, 0.6) is 5.75 Å². The lowest BCUT2D eigenvalue weighted by molar-refractivity contribution is -0.150. The number of alkyl halides is 3. The number of alkyl carbamates (subject to hydrolysis) is 1. The average molecular weight is 554 g/mol. The molecule has 12 heteroatoms. The van der Waals surface area contributed by atoms with Gasteiger partial charge in [-0.2, -0.15) is 13.2 Å². The van der Waals surface area contributed by atoms with Crippen molar-refractivity contribution >= 4 is 28.9 Å². The number of hydrogen-bond donors (Lipinski definition) is 2. The molecule has 39 heavy (non-hydrogen) atoms. The molecule has 2 aromatic rings. The van der Waals surface area contributed by atoms with Crippen molar-refractivity contribution in [3.63, 3.8) is 0 Å². The largest absolute Gasteiger partial charge is 0.488 e. The van der Waals surface area contributed by atoms with E-state index in [0.29, 0.717) is 5.39 Å². The SMILES string of the molecule is Cc1ccc2nc(C(F)(F)F)cc(OC3CC(C(=O)O)N(C(=O)C(NC(=O)OC(C)(C)C)C(C)(C)C)C3)c2c1. The number of carbonyl (C=O) groups is 3. The standard InChI is InChI=1S/C27H34F3N3O6/c1-14-8-9-17-16(10-14)19(12-20(31-17)27(28,29)30)38-15-11-18(23(35)36)33(13-15)22(34)21(25(2,3)4)32-24(37)39-26(5,6)7/h8-10,12,15,18,21H,11,13H2,1-7H3,(H,32,37)(H,35,36). The third-order valence-electron chi connectivity index (χ3n) is 6.12. The summed E-state index contributed by atoms with van der Waals surface area (Å²) in [7, 11) is 0. The number of amides is 2. The van der Waals surface area contributed by atoms with Crippen molar-refractivity contribution in [2.75, 3.05) is 6.54 Å². The minimum Gasteiger partial charge on any atom is -0.488 e. The van der Waals surface area contributed by atoms with E-state index in [1.165, 1.54) is 6.07 Å². The molecule has 0 bridgehead atoms.